The lowest BCUT2D eigenvalue weighted by molar-refractivity contribution is 0.0199. The number of ether oxygens (including phenoxy) is 2. The molecule has 106 valence electrons. The average molecular weight is 263 g/mol. The highest BCUT2D eigenvalue weighted by Crippen LogP contribution is 2.41. The molecule has 0 bridgehead atoms. The van der Waals surface area contributed by atoms with Crippen LogP contribution < -0.4 is 10.1 Å². The topological polar surface area (TPSA) is 30.5 Å². The number of aryl methyl sites for hydroxylation is 1. The fourth-order valence-electron chi connectivity index (χ4n) is 2.72. The second kappa shape index (κ2) is 6.40. The summed E-state index contributed by atoms with van der Waals surface area (Å²) < 4.78 is 11.5. The van der Waals surface area contributed by atoms with E-state index in [2.05, 4.69) is 31.3 Å². The summed E-state index contributed by atoms with van der Waals surface area (Å²) in [6.07, 6.45) is 2.79. The van der Waals surface area contributed by atoms with Crippen molar-refractivity contribution in [2.24, 2.45) is 5.92 Å². The maximum absolute atomic E-state index is 5.99. The maximum Gasteiger partial charge on any atom is 0.123 e. The highest BCUT2D eigenvalue weighted by Gasteiger charge is 2.38. The summed E-state index contributed by atoms with van der Waals surface area (Å²) in [5.74, 6) is 1.62. The van der Waals surface area contributed by atoms with Crippen molar-refractivity contribution in [3.63, 3.8) is 0 Å². The lowest BCUT2D eigenvalue weighted by Crippen LogP contribution is -2.33. The Balaban J connectivity index is 2.31. The van der Waals surface area contributed by atoms with E-state index in [4.69, 9.17) is 9.47 Å². The van der Waals surface area contributed by atoms with Crippen molar-refractivity contribution in [2.75, 3.05) is 20.8 Å². The molecule has 1 fully saturated rings. The second-order valence-electron chi connectivity index (χ2n) is 5.27. The Bertz CT molecular complexity index is 415. The lowest BCUT2D eigenvalue weighted by Gasteiger charge is -2.28. The Morgan fingerprint density at radius 1 is 1.37 bits per heavy atom. The number of hydrogen-bond acceptors (Lipinski definition) is 3. The third-order valence-electron chi connectivity index (χ3n) is 3.81. The van der Waals surface area contributed by atoms with Crippen molar-refractivity contribution in [1.29, 1.82) is 0 Å². The molecule has 2 unspecified atom stereocenters. The van der Waals surface area contributed by atoms with Gasteiger partial charge in [-0.2, -0.15) is 0 Å². The van der Waals surface area contributed by atoms with Gasteiger partial charge in [0.1, 0.15) is 5.75 Å². The predicted molar refractivity (Wildman–Crippen MR) is 77.7 cm³/mol. The van der Waals surface area contributed by atoms with Gasteiger partial charge in [0.05, 0.1) is 19.3 Å². The molecule has 0 spiro atoms. The number of nitrogens with one attached hydrogen (secondary N) is 1. The molecule has 1 aromatic rings. The van der Waals surface area contributed by atoms with Gasteiger partial charge in [-0.3, -0.25) is 0 Å². The van der Waals surface area contributed by atoms with Gasteiger partial charge in [-0.25, -0.2) is 0 Å². The first kappa shape index (κ1) is 14.4. The molecule has 2 atom stereocenters. The zero-order valence-corrected chi connectivity index (χ0v) is 12.4. The summed E-state index contributed by atoms with van der Waals surface area (Å²) >= 11 is 0. The fraction of sp³-hybridized carbons (Fsp3) is 0.625. The van der Waals surface area contributed by atoms with Crippen LogP contribution in [0.1, 0.15) is 36.9 Å². The van der Waals surface area contributed by atoms with Crippen LogP contribution in [0.4, 0.5) is 0 Å². The number of rotatable bonds is 7. The van der Waals surface area contributed by atoms with E-state index >= 15 is 0 Å². The van der Waals surface area contributed by atoms with Crippen molar-refractivity contribution >= 4 is 0 Å². The summed E-state index contributed by atoms with van der Waals surface area (Å²) in [4.78, 5) is 0. The van der Waals surface area contributed by atoms with E-state index in [-0.39, 0.29) is 12.1 Å². The van der Waals surface area contributed by atoms with Crippen LogP contribution in [0, 0.1) is 12.8 Å². The largest absolute Gasteiger partial charge is 0.496 e. The molecule has 1 aliphatic rings. The number of benzene rings is 1. The van der Waals surface area contributed by atoms with Crippen molar-refractivity contribution in [2.45, 2.75) is 38.8 Å². The van der Waals surface area contributed by atoms with Crippen molar-refractivity contribution in [1.82, 2.24) is 5.32 Å². The van der Waals surface area contributed by atoms with Gasteiger partial charge in [-0.15, -0.1) is 0 Å². The first-order valence-corrected chi connectivity index (χ1v) is 7.14. The zero-order valence-electron chi connectivity index (χ0n) is 12.4. The van der Waals surface area contributed by atoms with Gasteiger partial charge in [-0.1, -0.05) is 17.7 Å². The third-order valence-corrected chi connectivity index (χ3v) is 3.81. The van der Waals surface area contributed by atoms with Gasteiger partial charge in [-0.05, 0) is 45.7 Å². The molecular formula is C16H25NO2. The number of hydrogen-bond donors (Lipinski definition) is 1. The van der Waals surface area contributed by atoms with Crippen LogP contribution in [-0.2, 0) is 4.74 Å². The quantitative estimate of drug-likeness (QED) is 0.820. The van der Waals surface area contributed by atoms with Gasteiger partial charge in [0.2, 0.25) is 0 Å². The molecule has 0 aromatic heterocycles. The number of methoxy groups -OCH3 is 1. The monoisotopic (exact) mass is 263 g/mol. The minimum Gasteiger partial charge on any atom is -0.496 e. The summed E-state index contributed by atoms with van der Waals surface area (Å²) in [6.45, 7) is 4.94. The van der Waals surface area contributed by atoms with Gasteiger partial charge >= 0.3 is 0 Å². The van der Waals surface area contributed by atoms with Crippen LogP contribution in [0.3, 0.4) is 0 Å². The Labute approximate surface area is 116 Å². The molecule has 0 amide bonds. The van der Waals surface area contributed by atoms with Gasteiger partial charge in [0, 0.05) is 12.2 Å². The molecule has 0 saturated heterocycles. The fourth-order valence-corrected chi connectivity index (χ4v) is 2.72. The normalized spacial score (nSPS) is 18.1. The molecule has 0 aliphatic heterocycles. The van der Waals surface area contributed by atoms with Crippen molar-refractivity contribution in [3.05, 3.63) is 29.3 Å². The maximum atomic E-state index is 5.99. The first-order valence-electron chi connectivity index (χ1n) is 7.14. The molecule has 0 heterocycles. The SMILES string of the molecule is CCOC(C1CC1)C(NC)c1cc(C)ccc1OC. The minimum atomic E-state index is 0.197. The Hall–Kier alpha value is -1.06. The van der Waals surface area contributed by atoms with Crippen LogP contribution in [0.15, 0.2) is 18.2 Å². The van der Waals surface area contributed by atoms with Crippen LogP contribution in [-0.4, -0.2) is 26.9 Å². The van der Waals surface area contributed by atoms with Crippen molar-refractivity contribution in [3.8, 4) is 5.75 Å². The Kier molecular flexibility index (Phi) is 4.83. The van der Waals surface area contributed by atoms with E-state index < -0.39 is 0 Å². The predicted octanol–water partition coefficient (Wildman–Crippen LogP) is 3.08. The first-order chi connectivity index (χ1) is 9.21. The molecule has 19 heavy (non-hydrogen) atoms. The molecule has 1 N–H and O–H groups in total. The zero-order chi connectivity index (χ0) is 13.8. The minimum absolute atomic E-state index is 0.197. The molecule has 1 aromatic carbocycles. The molecule has 3 heteroatoms. The molecule has 2 rings (SSSR count). The van der Waals surface area contributed by atoms with E-state index in [1.54, 1.807) is 7.11 Å². The van der Waals surface area contributed by atoms with Gasteiger partial charge in [0.15, 0.2) is 0 Å². The number of likely N-dealkylation sites (N-methyl/N-ethyl adjacent to an activating group) is 1. The van der Waals surface area contributed by atoms with Gasteiger partial charge in [0.25, 0.3) is 0 Å². The summed E-state index contributed by atoms with van der Waals surface area (Å²) in [7, 11) is 3.73. The molecule has 1 aliphatic carbocycles. The standard InChI is InChI=1S/C16H25NO2/c1-5-19-16(12-7-8-12)15(17-3)13-10-11(2)6-9-14(13)18-4/h6,9-10,12,15-17H,5,7-8H2,1-4H3. The van der Waals surface area contributed by atoms with Crippen LogP contribution in [0.25, 0.3) is 0 Å². The highest BCUT2D eigenvalue weighted by atomic mass is 16.5. The Morgan fingerprint density at radius 2 is 2.11 bits per heavy atom. The third kappa shape index (κ3) is 3.28. The molecule has 3 nitrogen and oxygen atoms in total. The molecule has 1 saturated carbocycles. The van der Waals surface area contributed by atoms with Crippen LogP contribution in [0.5, 0.6) is 5.75 Å². The van der Waals surface area contributed by atoms with E-state index in [9.17, 15) is 0 Å². The average Bonchev–Trinajstić information content (AvgIpc) is 3.23. The molecular weight excluding hydrogens is 238 g/mol. The van der Waals surface area contributed by atoms with E-state index in [1.807, 2.05) is 13.1 Å². The van der Waals surface area contributed by atoms with Crippen LogP contribution >= 0.6 is 0 Å². The van der Waals surface area contributed by atoms with Gasteiger partial charge < -0.3 is 14.8 Å². The summed E-state index contributed by atoms with van der Waals surface area (Å²) in [6, 6.07) is 6.53. The molecule has 0 radical (unpaired) electrons. The van der Waals surface area contributed by atoms with Crippen molar-refractivity contribution < 1.29 is 9.47 Å². The lowest BCUT2D eigenvalue weighted by atomic mass is 9.95. The smallest absolute Gasteiger partial charge is 0.123 e. The van der Waals surface area contributed by atoms with E-state index in [1.165, 1.54) is 24.0 Å². The summed E-state index contributed by atoms with van der Waals surface area (Å²) in [5.41, 5.74) is 2.46. The summed E-state index contributed by atoms with van der Waals surface area (Å²) in [5, 5.41) is 3.42. The van der Waals surface area contributed by atoms with E-state index in [0.29, 0.717) is 5.92 Å². The van der Waals surface area contributed by atoms with Crippen LogP contribution in [0.2, 0.25) is 0 Å². The second-order valence-corrected chi connectivity index (χ2v) is 5.27. The van der Waals surface area contributed by atoms with E-state index in [0.717, 1.165) is 12.4 Å². The Morgan fingerprint density at radius 3 is 2.63 bits per heavy atom. The highest BCUT2D eigenvalue weighted by molar-refractivity contribution is 5.40.